The summed E-state index contributed by atoms with van der Waals surface area (Å²) in [5.74, 6) is -0.322. The molecule has 0 aromatic carbocycles. The van der Waals surface area contributed by atoms with Gasteiger partial charge in [0.25, 0.3) is 0 Å². The topological polar surface area (TPSA) is 109 Å². The lowest BCUT2D eigenvalue weighted by atomic mass is 9.97. The zero-order valence-electron chi connectivity index (χ0n) is 8.95. The maximum absolute atomic E-state index is 9.51. The average Bonchev–Trinajstić information content (AvgIpc) is 2.26. The SMILES string of the molecule is C[C@H](CO)[C@H](O)C(O)CCCCN=[N+]=[N-]. The fourth-order valence-electron chi connectivity index (χ4n) is 1.24. The minimum Gasteiger partial charge on any atom is -0.396 e. The van der Waals surface area contributed by atoms with Gasteiger partial charge in [0.05, 0.1) is 12.2 Å². The molecule has 0 aromatic rings. The zero-order valence-corrected chi connectivity index (χ0v) is 8.95. The molecule has 3 atom stereocenters. The van der Waals surface area contributed by atoms with Gasteiger partial charge in [0, 0.05) is 24.0 Å². The van der Waals surface area contributed by atoms with Gasteiger partial charge in [-0.3, -0.25) is 0 Å². The monoisotopic (exact) mass is 217 g/mol. The Morgan fingerprint density at radius 1 is 1.33 bits per heavy atom. The number of hydrogen-bond donors (Lipinski definition) is 3. The second kappa shape index (κ2) is 8.49. The molecule has 6 heteroatoms. The number of nitrogens with zero attached hydrogens (tertiary/aromatic N) is 3. The molecule has 0 aromatic heterocycles. The molecule has 6 nitrogen and oxygen atoms in total. The molecule has 3 N–H and O–H groups in total. The van der Waals surface area contributed by atoms with Gasteiger partial charge in [-0.25, -0.2) is 0 Å². The molecular formula is C9H19N3O3. The van der Waals surface area contributed by atoms with E-state index in [-0.39, 0.29) is 12.5 Å². The van der Waals surface area contributed by atoms with E-state index in [9.17, 15) is 10.2 Å². The highest BCUT2D eigenvalue weighted by Crippen LogP contribution is 2.12. The van der Waals surface area contributed by atoms with Crippen molar-refractivity contribution in [2.45, 2.75) is 38.4 Å². The first kappa shape index (κ1) is 14.2. The van der Waals surface area contributed by atoms with E-state index < -0.39 is 12.2 Å². The summed E-state index contributed by atoms with van der Waals surface area (Å²) in [5.41, 5.74) is 8.01. The molecule has 0 rings (SSSR count). The van der Waals surface area contributed by atoms with E-state index in [0.717, 1.165) is 0 Å². The summed E-state index contributed by atoms with van der Waals surface area (Å²) in [5, 5.41) is 31.1. The van der Waals surface area contributed by atoms with Crippen LogP contribution in [0, 0.1) is 5.92 Å². The lowest BCUT2D eigenvalue weighted by Gasteiger charge is -2.22. The fourth-order valence-corrected chi connectivity index (χ4v) is 1.24. The van der Waals surface area contributed by atoms with Crippen molar-refractivity contribution < 1.29 is 15.3 Å². The van der Waals surface area contributed by atoms with Gasteiger partial charge in [0.2, 0.25) is 0 Å². The molecule has 0 spiro atoms. The molecule has 88 valence electrons. The second-order valence-electron chi connectivity index (χ2n) is 3.67. The van der Waals surface area contributed by atoms with E-state index in [2.05, 4.69) is 10.0 Å². The molecule has 0 bridgehead atoms. The van der Waals surface area contributed by atoms with Crippen molar-refractivity contribution in [1.29, 1.82) is 0 Å². The molecule has 0 aliphatic carbocycles. The maximum atomic E-state index is 9.51. The largest absolute Gasteiger partial charge is 0.396 e. The van der Waals surface area contributed by atoms with Gasteiger partial charge in [0.15, 0.2) is 0 Å². The first-order valence-electron chi connectivity index (χ1n) is 5.11. The third-order valence-electron chi connectivity index (χ3n) is 2.34. The molecular weight excluding hydrogens is 198 g/mol. The number of aliphatic hydroxyl groups excluding tert-OH is 3. The van der Waals surface area contributed by atoms with Crippen LogP contribution in [0.5, 0.6) is 0 Å². The number of rotatable bonds is 8. The van der Waals surface area contributed by atoms with Gasteiger partial charge in [-0.15, -0.1) is 0 Å². The van der Waals surface area contributed by atoms with Crippen molar-refractivity contribution in [3.8, 4) is 0 Å². The van der Waals surface area contributed by atoms with Gasteiger partial charge in [-0.05, 0) is 18.4 Å². The number of aliphatic hydroxyl groups is 3. The highest BCUT2D eigenvalue weighted by Gasteiger charge is 2.21. The number of unbranched alkanes of at least 4 members (excludes halogenated alkanes) is 1. The van der Waals surface area contributed by atoms with E-state index in [1.165, 1.54) is 0 Å². The Bertz CT molecular complexity index is 207. The van der Waals surface area contributed by atoms with Crippen molar-refractivity contribution in [2.75, 3.05) is 13.2 Å². The summed E-state index contributed by atoms with van der Waals surface area (Å²) in [4.78, 5) is 2.61. The molecule has 1 unspecified atom stereocenters. The smallest absolute Gasteiger partial charge is 0.0846 e. The summed E-state index contributed by atoms with van der Waals surface area (Å²) in [6, 6.07) is 0. The van der Waals surface area contributed by atoms with E-state index in [1.807, 2.05) is 0 Å². The predicted molar refractivity (Wildman–Crippen MR) is 56.1 cm³/mol. The van der Waals surface area contributed by atoms with Crippen LogP contribution in [-0.2, 0) is 0 Å². The van der Waals surface area contributed by atoms with Gasteiger partial charge in [0.1, 0.15) is 0 Å². The third-order valence-corrected chi connectivity index (χ3v) is 2.34. The van der Waals surface area contributed by atoms with Crippen LogP contribution in [0.3, 0.4) is 0 Å². The summed E-state index contributed by atoms with van der Waals surface area (Å²) in [6.45, 7) is 1.94. The molecule has 0 saturated heterocycles. The van der Waals surface area contributed by atoms with Crippen molar-refractivity contribution in [1.82, 2.24) is 0 Å². The first-order chi connectivity index (χ1) is 7.13. The summed E-state index contributed by atoms with van der Waals surface area (Å²) in [6.07, 6.45) is 0.121. The number of hydrogen-bond acceptors (Lipinski definition) is 4. The average molecular weight is 217 g/mol. The Morgan fingerprint density at radius 2 is 2.00 bits per heavy atom. The zero-order chi connectivity index (χ0) is 11.7. The molecule has 0 fully saturated rings. The van der Waals surface area contributed by atoms with Crippen LogP contribution in [0.15, 0.2) is 5.11 Å². The molecule has 0 amide bonds. The standard InChI is InChI=1S/C9H19N3O3/c1-7(6-13)9(15)8(14)4-2-3-5-11-12-10/h7-9,13-15H,2-6H2,1H3/t7-,8?,9+/m1/s1. The minimum atomic E-state index is -0.894. The van der Waals surface area contributed by atoms with Crippen molar-refractivity contribution in [3.63, 3.8) is 0 Å². The van der Waals surface area contributed by atoms with Crippen LogP contribution in [0.1, 0.15) is 26.2 Å². The minimum absolute atomic E-state index is 0.142. The van der Waals surface area contributed by atoms with Crippen molar-refractivity contribution in [2.24, 2.45) is 11.0 Å². The van der Waals surface area contributed by atoms with Crippen molar-refractivity contribution >= 4 is 0 Å². The highest BCUT2D eigenvalue weighted by molar-refractivity contribution is 4.72. The van der Waals surface area contributed by atoms with Crippen LogP contribution in [0.4, 0.5) is 0 Å². The predicted octanol–water partition coefficient (Wildman–Crippen LogP) is 0.817. The molecule has 15 heavy (non-hydrogen) atoms. The molecule has 0 radical (unpaired) electrons. The van der Waals surface area contributed by atoms with Crippen LogP contribution in [-0.4, -0.2) is 40.7 Å². The van der Waals surface area contributed by atoms with Crippen molar-refractivity contribution in [3.05, 3.63) is 10.4 Å². The van der Waals surface area contributed by atoms with Crippen LogP contribution < -0.4 is 0 Å². The van der Waals surface area contributed by atoms with Gasteiger partial charge in [-0.1, -0.05) is 18.5 Å². The number of azide groups is 1. The summed E-state index contributed by atoms with van der Waals surface area (Å²) in [7, 11) is 0. The lowest BCUT2D eigenvalue weighted by Crippen LogP contribution is -2.33. The van der Waals surface area contributed by atoms with Gasteiger partial charge >= 0.3 is 0 Å². The van der Waals surface area contributed by atoms with Crippen LogP contribution in [0.25, 0.3) is 10.4 Å². The Morgan fingerprint density at radius 3 is 2.53 bits per heavy atom. The van der Waals surface area contributed by atoms with E-state index in [0.29, 0.717) is 25.8 Å². The van der Waals surface area contributed by atoms with E-state index >= 15 is 0 Å². The second-order valence-corrected chi connectivity index (χ2v) is 3.67. The fraction of sp³-hybridized carbons (Fsp3) is 1.00. The quantitative estimate of drug-likeness (QED) is 0.242. The Hall–Kier alpha value is -0.810. The van der Waals surface area contributed by atoms with E-state index in [4.69, 9.17) is 10.6 Å². The Kier molecular flexibility index (Phi) is 8.04. The van der Waals surface area contributed by atoms with E-state index in [1.54, 1.807) is 6.92 Å². The molecule has 0 heterocycles. The third kappa shape index (κ3) is 6.30. The maximum Gasteiger partial charge on any atom is 0.0846 e. The Balaban J connectivity index is 3.63. The van der Waals surface area contributed by atoms with Gasteiger partial charge in [-0.2, -0.15) is 0 Å². The van der Waals surface area contributed by atoms with Crippen LogP contribution >= 0.6 is 0 Å². The van der Waals surface area contributed by atoms with Crippen LogP contribution in [0.2, 0.25) is 0 Å². The lowest BCUT2D eigenvalue weighted by molar-refractivity contribution is -0.0308. The summed E-state index contributed by atoms with van der Waals surface area (Å²) < 4.78 is 0. The summed E-state index contributed by atoms with van der Waals surface area (Å²) >= 11 is 0. The molecule has 0 saturated carbocycles. The first-order valence-corrected chi connectivity index (χ1v) is 5.11. The molecule has 0 aliphatic heterocycles. The highest BCUT2D eigenvalue weighted by atomic mass is 16.3. The normalized spacial score (nSPS) is 16.5. The Labute approximate surface area is 89.2 Å². The van der Waals surface area contributed by atoms with Gasteiger partial charge < -0.3 is 15.3 Å². The molecule has 0 aliphatic rings.